The quantitative estimate of drug-likeness (QED) is 0.656. The van der Waals surface area contributed by atoms with Gasteiger partial charge in [-0.2, -0.15) is 0 Å². The van der Waals surface area contributed by atoms with Gasteiger partial charge in [0.1, 0.15) is 0 Å². The Labute approximate surface area is 152 Å². The number of likely N-dealkylation sites (tertiary alicyclic amines) is 1. The Kier molecular flexibility index (Phi) is 4.30. The molecule has 0 N–H and O–H groups in total. The summed E-state index contributed by atoms with van der Waals surface area (Å²) in [7, 11) is 0. The number of carbonyl (C=O) groups is 1. The SMILES string of the molecule is Cc1cc(C)cc(C(=O)N2CCCC(c3nc4ccccc4s3)C2)c1. The van der Waals surface area contributed by atoms with E-state index >= 15 is 0 Å². The zero-order valence-electron chi connectivity index (χ0n) is 14.7. The predicted octanol–water partition coefficient (Wildman–Crippen LogP) is 4.93. The molecule has 4 rings (SSSR count). The number of rotatable bonds is 2. The lowest BCUT2D eigenvalue weighted by Crippen LogP contribution is -2.39. The third-order valence-electron chi connectivity index (χ3n) is 4.84. The first-order valence-electron chi connectivity index (χ1n) is 8.83. The van der Waals surface area contributed by atoms with Gasteiger partial charge in [0.2, 0.25) is 0 Å². The van der Waals surface area contributed by atoms with Crippen molar-refractivity contribution >= 4 is 27.5 Å². The van der Waals surface area contributed by atoms with Gasteiger partial charge in [-0.15, -0.1) is 11.3 Å². The summed E-state index contributed by atoms with van der Waals surface area (Å²) in [4.78, 5) is 19.8. The lowest BCUT2D eigenvalue weighted by molar-refractivity contribution is 0.0707. The molecule has 1 saturated heterocycles. The van der Waals surface area contributed by atoms with E-state index < -0.39 is 0 Å². The minimum Gasteiger partial charge on any atom is -0.338 e. The van der Waals surface area contributed by atoms with Gasteiger partial charge in [0.05, 0.1) is 15.2 Å². The fourth-order valence-electron chi connectivity index (χ4n) is 3.71. The van der Waals surface area contributed by atoms with Gasteiger partial charge >= 0.3 is 0 Å². The monoisotopic (exact) mass is 350 g/mol. The Balaban J connectivity index is 1.57. The molecule has 4 heteroatoms. The van der Waals surface area contributed by atoms with Crippen LogP contribution in [0.5, 0.6) is 0 Å². The Bertz CT molecular complexity index is 877. The van der Waals surface area contributed by atoms with E-state index in [1.807, 2.05) is 36.9 Å². The molecule has 2 aromatic carbocycles. The van der Waals surface area contributed by atoms with Crippen LogP contribution in [0.25, 0.3) is 10.2 Å². The summed E-state index contributed by atoms with van der Waals surface area (Å²) in [6, 6.07) is 14.4. The van der Waals surface area contributed by atoms with E-state index in [1.54, 1.807) is 11.3 Å². The number of thiazole rings is 1. The number of aryl methyl sites for hydroxylation is 2. The van der Waals surface area contributed by atoms with Crippen molar-refractivity contribution < 1.29 is 4.79 Å². The van der Waals surface area contributed by atoms with Crippen molar-refractivity contribution in [3.8, 4) is 0 Å². The van der Waals surface area contributed by atoms with Crippen molar-refractivity contribution in [3.63, 3.8) is 0 Å². The molecule has 128 valence electrons. The van der Waals surface area contributed by atoms with E-state index in [2.05, 4.69) is 24.3 Å². The average molecular weight is 350 g/mol. The maximum absolute atomic E-state index is 13.0. The normalized spacial score (nSPS) is 17.8. The summed E-state index contributed by atoms with van der Waals surface area (Å²) in [5, 5.41) is 1.17. The summed E-state index contributed by atoms with van der Waals surface area (Å²) in [5.41, 5.74) is 4.16. The van der Waals surface area contributed by atoms with Gasteiger partial charge in [0.25, 0.3) is 5.91 Å². The van der Waals surface area contributed by atoms with Crippen molar-refractivity contribution in [2.75, 3.05) is 13.1 Å². The fourth-order valence-corrected chi connectivity index (χ4v) is 4.80. The largest absolute Gasteiger partial charge is 0.338 e. The van der Waals surface area contributed by atoms with Gasteiger partial charge in [0.15, 0.2) is 0 Å². The number of hydrogen-bond acceptors (Lipinski definition) is 3. The number of benzene rings is 2. The fraction of sp³-hybridized carbons (Fsp3) is 0.333. The molecule has 1 fully saturated rings. The van der Waals surface area contributed by atoms with E-state index in [0.717, 1.165) is 48.1 Å². The number of para-hydroxylation sites is 1. The van der Waals surface area contributed by atoms with E-state index in [-0.39, 0.29) is 5.91 Å². The van der Waals surface area contributed by atoms with Gasteiger partial charge in [-0.25, -0.2) is 4.98 Å². The molecule has 1 aliphatic heterocycles. The third kappa shape index (κ3) is 3.31. The maximum Gasteiger partial charge on any atom is 0.253 e. The molecule has 1 unspecified atom stereocenters. The van der Waals surface area contributed by atoms with Gasteiger partial charge < -0.3 is 4.90 Å². The highest BCUT2D eigenvalue weighted by molar-refractivity contribution is 7.18. The van der Waals surface area contributed by atoms with Gasteiger partial charge in [0, 0.05) is 24.6 Å². The first-order chi connectivity index (χ1) is 12.1. The molecule has 25 heavy (non-hydrogen) atoms. The first-order valence-corrected chi connectivity index (χ1v) is 9.65. The van der Waals surface area contributed by atoms with Gasteiger partial charge in [-0.05, 0) is 51.0 Å². The minimum atomic E-state index is 0.151. The van der Waals surface area contributed by atoms with Crippen LogP contribution in [0.4, 0.5) is 0 Å². The lowest BCUT2D eigenvalue weighted by Gasteiger charge is -2.32. The number of fused-ring (bicyclic) bond motifs is 1. The first kappa shape index (κ1) is 16.3. The molecule has 1 aliphatic rings. The summed E-state index contributed by atoms with van der Waals surface area (Å²) >= 11 is 1.77. The molecule has 1 aromatic heterocycles. The molecular formula is C21H22N2OS. The van der Waals surface area contributed by atoms with Crippen molar-refractivity contribution in [3.05, 3.63) is 64.2 Å². The number of hydrogen-bond donors (Lipinski definition) is 0. The van der Waals surface area contributed by atoms with Crippen molar-refractivity contribution in [2.24, 2.45) is 0 Å². The Morgan fingerprint density at radius 2 is 1.92 bits per heavy atom. The van der Waals surface area contributed by atoms with Crippen LogP contribution in [-0.2, 0) is 0 Å². The van der Waals surface area contributed by atoms with Crippen LogP contribution >= 0.6 is 11.3 Å². The molecule has 0 spiro atoms. The lowest BCUT2D eigenvalue weighted by atomic mass is 9.97. The number of amides is 1. The molecule has 3 nitrogen and oxygen atoms in total. The van der Waals surface area contributed by atoms with Crippen LogP contribution in [0.2, 0.25) is 0 Å². The van der Waals surface area contributed by atoms with E-state index in [1.165, 1.54) is 9.71 Å². The molecule has 1 amide bonds. The van der Waals surface area contributed by atoms with Crippen molar-refractivity contribution in [1.82, 2.24) is 9.88 Å². The highest BCUT2D eigenvalue weighted by atomic mass is 32.1. The van der Waals surface area contributed by atoms with Crippen molar-refractivity contribution in [1.29, 1.82) is 0 Å². The number of carbonyl (C=O) groups excluding carboxylic acids is 1. The molecule has 0 aliphatic carbocycles. The average Bonchev–Trinajstić information content (AvgIpc) is 3.04. The Hall–Kier alpha value is -2.20. The third-order valence-corrected chi connectivity index (χ3v) is 6.04. The molecule has 2 heterocycles. The summed E-state index contributed by atoms with van der Waals surface area (Å²) in [6.07, 6.45) is 2.15. The van der Waals surface area contributed by atoms with Crippen LogP contribution in [0.3, 0.4) is 0 Å². The van der Waals surface area contributed by atoms with Crippen LogP contribution in [0, 0.1) is 13.8 Å². The second-order valence-corrected chi connectivity index (χ2v) is 8.05. The Morgan fingerprint density at radius 3 is 2.68 bits per heavy atom. The van der Waals surface area contributed by atoms with Crippen molar-refractivity contribution in [2.45, 2.75) is 32.6 Å². The van der Waals surface area contributed by atoms with Crippen LogP contribution in [0.15, 0.2) is 42.5 Å². The van der Waals surface area contributed by atoms with E-state index in [0.29, 0.717) is 5.92 Å². The summed E-state index contributed by atoms with van der Waals surface area (Å²) < 4.78 is 1.23. The maximum atomic E-state index is 13.0. The molecule has 0 saturated carbocycles. The second-order valence-electron chi connectivity index (χ2n) is 6.99. The Morgan fingerprint density at radius 1 is 1.16 bits per heavy atom. The molecule has 1 atom stereocenters. The predicted molar refractivity (Wildman–Crippen MR) is 103 cm³/mol. The minimum absolute atomic E-state index is 0.151. The van der Waals surface area contributed by atoms with Crippen LogP contribution in [0.1, 0.15) is 45.3 Å². The summed E-state index contributed by atoms with van der Waals surface area (Å²) in [6.45, 7) is 5.70. The number of nitrogens with zero attached hydrogens (tertiary/aromatic N) is 2. The smallest absolute Gasteiger partial charge is 0.253 e. The summed E-state index contributed by atoms with van der Waals surface area (Å²) in [5.74, 6) is 0.499. The molecular weight excluding hydrogens is 328 g/mol. The van der Waals surface area contributed by atoms with E-state index in [9.17, 15) is 4.79 Å². The molecule has 0 bridgehead atoms. The zero-order chi connectivity index (χ0) is 17.4. The second kappa shape index (κ2) is 6.60. The highest BCUT2D eigenvalue weighted by Gasteiger charge is 2.27. The topological polar surface area (TPSA) is 33.2 Å². The van der Waals surface area contributed by atoms with Crippen LogP contribution in [-0.4, -0.2) is 28.9 Å². The number of piperidine rings is 1. The zero-order valence-corrected chi connectivity index (χ0v) is 15.5. The molecule has 0 radical (unpaired) electrons. The van der Waals surface area contributed by atoms with Gasteiger partial charge in [-0.3, -0.25) is 4.79 Å². The van der Waals surface area contributed by atoms with Gasteiger partial charge in [-0.1, -0.05) is 29.3 Å². The van der Waals surface area contributed by atoms with E-state index in [4.69, 9.17) is 4.98 Å². The van der Waals surface area contributed by atoms with Crippen LogP contribution < -0.4 is 0 Å². The highest BCUT2D eigenvalue weighted by Crippen LogP contribution is 2.33. The standard InChI is InChI=1S/C21H22N2OS/c1-14-10-15(2)12-17(11-14)21(24)23-9-5-6-16(13-23)20-22-18-7-3-4-8-19(18)25-20/h3-4,7-8,10-12,16H,5-6,9,13H2,1-2H3. The number of aromatic nitrogens is 1. The molecule has 3 aromatic rings.